The molecule has 1 N–H and O–H groups in total. The van der Waals surface area contributed by atoms with Crippen molar-refractivity contribution in [2.45, 2.75) is 6.54 Å². The van der Waals surface area contributed by atoms with Crippen LogP contribution in [0.25, 0.3) is 0 Å². The van der Waals surface area contributed by atoms with Crippen LogP contribution in [0, 0.1) is 0 Å². The van der Waals surface area contributed by atoms with Crippen LogP contribution in [0.5, 0.6) is 0 Å². The largest absolute Gasteiger partial charge is 0.545 e. The number of thiazole rings is 1. The Labute approximate surface area is 168 Å². The molecule has 0 saturated heterocycles. The summed E-state index contributed by atoms with van der Waals surface area (Å²) in [7, 11) is 0. The Hall–Kier alpha value is -3.23. The lowest BCUT2D eigenvalue weighted by Crippen LogP contribution is -2.22. The number of carboxylic acid groups (broad SMARTS) is 1. The molecular weight excluding hydrogens is 402 g/mol. The molecule has 0 bridgehead atoms. The van der Waals surface area contributed by atoms with Crippen molar-refractivity contribution in [3.05, 3.63) is 91.0 Å². The van der Waals surface area contributed by atoms with Crippen LogP contribution in [0.3, 0.4) is 0 Å². The first-order valence-corrected chi connectivity index (χ1v) is 9.23. The van der Waals surface area contributed by atoms with Crippen molar-refractivity contribution < 1.29 is 14.7 Å². The fraction of sp³-hybridized carbons (Fsp3) is 0.0526. The summed E-state index contributed by atoms with van der Waals surface area (Å²) in [6.07, 6.45) is 1.29. The van der Waals surface area contributed by atoms with Crippen molar-refractivity contribution >= 4 is 41.0 Å². The lowest BCUT2D eigenvalue weighted by atomic mass is 10.1. The Morgan fingerprint density at radius 1 is 1.14 bits per heavy atom. The number of hydrogen-bond acceptors (Lipinski definition) is 6. The van der Waals surface area contributed by atoms with Crippen LogP contribution in [-0.4, -0.2) is 22.7 Å². The van der Waals surface area contributed by atoms with Crippen LogP contribution in [0.1, 0.15) is 31.2 Å². The molecule has 142 valence electrons. The fourth-order valence-corrected chi connectivity index (χ4v) is 3.51. The van der Waals surface area contributed by atoms with Crippen LogP contribution >= 0.6 is 22.9 Å². The first-order chi connectivity index (χ1) is 13.5. The Morgan fingerprint density at radius 3 is 2.57 bits per heavy atom. The quantitative estimate of drug-likeness (QED) is 0.490. The molecule has 7 nitrogen and oxygen atoms in total. The second-order valence-electron chi connectivity index (χ2n) is 5.66. The van der Waals surface area contributed by atoms with Gasteiger partial charge in [-0.15, -0.1) is 0 Å². The molecule has 3 rings (SSSR count). The lowest BCUT2D eigenvalue weighted by Gasteiger charge is -2.07. The van der Waals surface area contributed by atoms with Gasteiger partial charge in [-0.05, 0) is 29.3 Å². The highest BCUT2D eigenvalue weighted by Gasteiger charge is 2.12. The second-order valence-corrected chi connectivity index (χ2v) is 7.01. The SMILES string of the molecule is O=C([O-])c1cccc(Cn2c(Cl)c(/C=N\NC(=O)c3ccccc3)sc2=O)c1. The molecule has 0 spiro atoms. The lowest BCUT2D eigenvalue weighted by molar-refractivity contribution is -0.255. The monoisotopic (exact) mass is 414 g/mol. The smallest absolute Gasteiger partial charge is 0.309 e. The molecule has 3 aromatic rings. The third-order valence-electron chi connectivity index (χ3n) is 3.75. The Balaban J connectivity index is 1.75. The predicted molar refractivity (Wildman–Crippen MR) is 105 cm³/mol. The third kappa shape index (κ3) is 4.54. The zero-order valence-electron chi connectivity index (χ0n) is 14.3. The number of carbonyl (C=O) groups is 2. The fourth-order valence-electron chi connectivity index (χ4n) is 2.40. The molecule has 0 saturated carbocycles. The van der Waals surface area contributed by atoms with Crippen molar-refractivity contribution in [1.29, 1.82) is 0 Å². The van der Waals surface area contributed by atoms with Crippen LogP contribution in [0.15, 0.2) is 64.5 Å². The van der Waals surface area contributed by atoms with E-state index in [9.17, 15) is 19.5 Å². The molecule has 0 fully saturated rings. The third-order valence-corrected chi connectivity index (χ3v) is 5.18. The molecule has 0 atom stereocenters. The first kappa shape index (κ1) is 19.5. The number of amides is 1. The van der Waals surface area contributed by atoms with Gasteiger partial charge in [0.25, 0.3) is 5.91 Å². The maximum absolute atomic E-state index is 12.2. The van der Waals surface area contributed by atoms with E-state index < -0.39 is 5.97 Å². The van der Waals surface area contributed by atoms with E-state index in [2.05, 4.69) is 10.5 Å². The van der Waals surface area contributed by atoms with E-state index in [1.165, 1.54) is 22.9 Å². The van der Waals surface area contributed by atoms with Gasteiger partial charge in [0.2, 0.25) is 0 Å². The minimum absolute atomic E-state index is 0.0160. The van der Waals surface area contributed by atoms with Crippen LogP contribution in [0.4, 0.5) is 0 Å². The van der Waals surface area contributed by atoms with Crippen molar-refractivity contribution in [2.24, 2.45) is 5.10 Å². The average Bonchev–Trinajstić information content (AvgIpc) is 2.96. The second kappa shape index (κ2) is 8.64. The number of hydrazone groups is 1. The zero-order chi connectivity index (χ0) is 20.1. The van der Waals surface area contributed by atoms with E-state index in [0.717, 1.165) is 11.3 Å². The van der Waals surface area contributed by atoms with Crippen molar-refractivity contribution in [3.8, 4) is 0 Å². The van der Waals surface area contributed by atoms with Crippen LogP contribution in [-0.2, 0) is 6.54 Å². The molecule has 2 aromatic carbocycles. The van der Waals surface area contributed by atoms with Crippen molar-refractivity contribution in [2.75, 3.05) is 0 Å². The van der Waals surface area contributed by atoms with Gasteiger partial charge in [0.15, 0.2) is 0 Å². The van der Waals surface area contributed by atoms with Crippen molar-refractivity contribution in [1.82, 2.24) is 9.99 Å². The predicted octanol–water partition coefficient (Wildman–Crippen LogP) is 1.74. The maximum atomic E-state index is 12.2. The highest BCUT2D eigenvalue weighted by Crippen LogP contribution is 2.18. The molecule has 0 radical (unpaired) electrons. The molecule has 0 aliphatic carbocycles. The zero-order valence-corrected chi connectivity index (χ0v) is 15.9. The van der Waals surface area contributed by atoms with E-state index in [4.69, 9.17) is 11.6 Å². The van der Waals surface area contributed by atoms with Gasteiger partial charge in [0.1, 0.15) is 5.15 Å². The van der Waals surface area contributed by atoms with Gasteiger partial charge in [-0.2, -0.15) is 5.10 Å². The molecule has 28 heavy (non-hydrogen) atoms. The summed E-state index contributed by atoms with van der Waals surface area (Å²) in [5, 5.41) is 14.9. The normalized spacial score (nSPS) is 10.9. The number of aromatic nitrogens is 1. The van der Waals surface area contributed by atoms with Gasteiger partial charge in [-0.25, -0.2) is 5.43 Å². The Bertz CT molecular complexity index is 1110. The van der Waals surface area contributed by atoms with E-state index in [-0.39, 0.29) is 28.0 Å². The summed E-state index contributed by atoms with van der Waals surface area (Å²) < 4.78 is 1.29. The molecule has 0 aliphatic heterocycles. The summed E-state index contributed by atoms with van der Waals surface area (Å²) in [5.41, 5.74) is 3.42. The van der Waals surface area contributed by atoms with E-state index >= 15 is 0 Å². The highest BCUT2D eigenvalue weighted by molar-refractivity contribution is 7.11. The van der Waals surface area contributed by atoms with Gasteiger partial charge in [0, 0.05) is 5.56 Å². The van der Waals surface area contributed by atoms with E-state index in [1.54, 1.807) is 42.5 Å². The van der Waals surface area contributed by atoms with Gasteiger partial charge < -0.3 is 9.90 Å². The van der Waals surface area contributed by atoms with E-state index in [0.29, 0.717) is 16.0 Å². The Morgan fingerprint density at radius 2 is 1.86 bits per heavy atom. The van der Waals surface area contributed by atoms with Crippen LogP contribution < -0.4 is 15.4 Å². The molecule has 0 unspecified atom stereocenters. The number of benzene rings is 2. The summed E-state index contributed by atoms with van der Waals surface area (Å²) in [4.78, 5) is 35.2. The number of nitrogens with one attached hydrogen (secondary N) is 1. The number of carboxylic acids is 1. The minimum atomic E-state index is -1.30. The minimum Gasteiger partial charge on any atom is -0.545 e. The summed E-state index contributed by atoms with van der Waals surface area (Å²) in [6, 6.07) is 14.6. The molecule has 1 heterocycles. The molecule has 0 aliphatic rings. The molecular formula is C19H13ClN3O4S-. The van der Waals surface area contributed by atoms with Gasteiger partial charge >= 0.3 is 4.87 Å². The maximum Gasteiger partial charge on any atom is 0.309 e. The van der Waals surface area contributed by atoms with Crippen molar-refractivity contribution in [3.63, 3.8) is 0 Å². The van der Waals surface area contributed by atoms with Gasteiger partial charge in [-0.1, -0.05) is 59.3 Å². The van der Waals surface area contributed by atoms with Gasteiger partial charge in [0.05, 0.1) is 23.6 Å². The highest BCUT2D eigenvalue weighted by atomic mass is 35.5. The average molecular weight is 415 g/mol. The van der Waals surface area contributed by atoms with E-state index in [1.807, 2.05) is 0 Å². The number of rotatable bonds is 6. The summed E-state index contributed by atoms with van der Waals surface area (Å²) in [6.45, 7) is 0.0967. The number of hydrogen-bond donors (Lipinski definition) is 1. The number of aromatic carboxylic acids is 1. The summed E-state index contributed by atoms with van der Waals surface area (Å²) >= 11 is 7.12. The molecule has 1 amide bonds. The van der Waals surface area contributed by atoms with Gasteiger partial charge in [-0.3, -0.25) is 14.2 Å². The molecule has 1 aromatic heterocycles. The number of nitrogens with zero attached hydrogens (tertiary/aromatic N) is 2. The first-order valence-electron chi connectivity index (χ1n) is 8.03. The Kier molecular flexibility index (Phi) is 6.03. The topological polar surface area (TPSA) is 104 Å². The van der Waals surface area contributed by atoms with Crippen LogP contribution in [0.2, 0.25) is 5.15 Å². The molecule has 9 heteroatoms. The standard InChI is InChI=1S/C19H14ClN3O4S/c20-16-15(10-21-22-17(24)13-6-2-1-3-7-13)28-19(27)23(16)11-12-5-4-8-14(9-12)18(25)26/h1-10H,11H2,(H,22,24)(H,25,26)/p-1/b21-10-. The number of carbonyl (C=O) groups excluding carboxylic acids is 2. The number of halogens is 1. The summed E-state index contributed by atoms with van der Waals surface area (Å²) in [5.74, 6) is -1.69.